The first-order valence-electron chi connectivity index (χ1n) is 7.63. The Labute approximate surface area is 130 Å². The second-order valence-electron chi connectivity index (χ2n) is 5.46. The first-order valence-corrected chi connectivity index (χ1v) is 8.44. The Balaban J connectivity index is 1.86. The standard InChI is InChI=1S/C17H22N2OS/c1-3-18-14-5-4-6-15-16(14)19-17(21-15)13-9-7-12(8-10-13)11-20-2/h7-10,14,18H,3-6,11H2,1-2H3. The summed E-state index contributed by atoms with van der Waals surface area (Å²) in [6, 6.07) is 9.00. The summed E-state index contributed by atoms with van der Waals surface area (Å²) in [5, 5.41) is 4.71. The average Bonchev–Trinajstić information content (AvgIpc) is 2.94. The maximum absolute atomic E-state index is 5.16. The molecule has 1 aromatic carbocycles. The molecule has 1 unspecified atom stereocenters. The summed E-state index contributed by atoms with van der Waals surface area (Å²) in [4.78, 5) is 6.38. The van der Waals surface area contributed by atoms with E-state index >= 15 is 0 Å². The molecule has 21 heavy (non-hydrogen) atoms. The van der Waals surface area contributed by atoms with Gasteiger partial charge < -0.3 is 10.1 Å². The van der Waals surface area contributed by atoms with E-state index in [-0.39, 0.29) is 0 Å². The van der Waals surface area contributed by atoms with Crippen LogP contribution in [0, 0.1) is 0 Å². The summed E-state index contributed by atoms with van der Waals surface area (Å²) in [6.45, 7) is 3.83. The number of hydrogen-bond donors (Lipinski definition) is 1. The van der Waals surface area contributed by atoms with E-state index < -0.39 is 0 Å². The van der Waals surface area contributed by atoms with Crippen LogP contribution in [-0.4, -0.2) is 18.6 Å². The number of aryl methyl sites for hydroxylation is 1. The van der Waals surface area contributed by atoms with Gasteiger partial charge in [-0.1, -0.05) is 31.2 Å². The van der Waals surface area contributed by atoms with E-state index in [0.717, 1.165) is 11.6 Å². The number of ether oxygens (including phenoxy) is 1. The van der Waals surface area contributed by atoms with Crippen molar-refractivity contribution < 1.29 is 4.74 Å². The Bertz CT molecular complexity index is 591. The van der Waals surface area contributed by atoms with Gasteiger partial charge in [-0.15, -0.1) is 11.3 Å². The molecule has 3 rings (SSSR count). The molecule has 1 aromatic heterocycles. The van der Waals surface area contributed by atoms with Crippen LogP contribution < -0.4 is 5.32 Å². The lowest BCUT2D eigenvalue weighted by molar-refractivity contribution is 0.185. The number of aromatic nitrogens is 1. The highest BCUT2D eigenvalue weighted by Gasteiger charge is 2.24. The summed E-state index contributed by atoms with van der Waals surface area (Å²) >= 11 is 1.85. The predicted molar refractivity (Wildman–Crippen MR) is 87.6 cm³/mol. The minimum absolute atomic E-state index is 0.441. The van der Waals surface area contributed by atoms with Gasteiger partial charge in [0.2, 0.25) is 0 Å². The Morgan fingerprint density at radius 3 is 2.86 bits per heavy atom. The van der Waals surface area contributed by atoms with Gasteiger partial charge in [0.1, 0.15) is 5.01 Å². The highest BCUT2D eigenvalue weighted by Crippen LogP contribution is 2.37. The van der Waals surface area contributed by atoms with E-state index in [1.165, 1.54) is 41.0 Å². The fraction of sp³-hybridized carbons (Fsp3) is 0.471. The molecular formula is C17H22N2OS. The lowest BCUT2D eigenvalue weighted by atomic mass is 9.97. The molecule has 0 fully saturated rings. The molecule has 1 heterocycles. The van der Waals surface area contributed by atoms with Crippen LogP contribution in [0.15, 0.2) is 24.3 Å². The van der Waals surface area contributed by atoms with Crippen LogP contribution in [0.5, 0.6) is 0 Å². The zero-order valence-electron chi connectivity index (χ0n) is 12.7. The highest BCUT2D eigenvalue weighted by molar-refractivity contribution is 7.15. The first-order chi connectivity index (χ1) is 10.3. The first kappa shape index (κ1) is 14.7. The molecule has 0 amide bonds. The third-order valence-electron chi connectivity index (χ3n) is 3.92. The van der Waals surface area contributed by atoms with Gasteiger partial charge in [-0.2, -0.15) is 0 Å². The predicted octanol–water partition coefficient (Wildman–Crippen LogP) is 3.94. The summed E-state index contributed by atoms with van der Waals surface area (Å²) in [5.41, 5.74) is 3.70. The minimum atomic E-state index is 0.441. The van der Waals surface area contributed by atoms with E-state index in [1.54, 1.807) is 7.11 Å². The number of methoxy groups -OCH3 is 1. The molecule has 0 radical (unpaired) electrons. The third-order valence-corrected chi connectivity index (χ3v) is 5.10. The highest BCUT2D eigenvalue weighted by atomic mass is 32.1. The zero-order chi connectivity index (χ0) is 14.7. The lowest BCUT2D eigenvalue weighted by Gasteiger charge is -2.21. The van der Waals surface area contributed by atoms with Crippen molar-refractivity contribution in [1.29, 1.82) is 0 Å². The monoisotopic (exact) mass is 302 g/mol. The van der Waals surface area contributed by atoms with Crippen LogP contribution in [-0.2, 0) is 17.8 Å². The number of nitrogens with zero attached hydrogens (tertiary/aromatic N) is 1. The van der Waals surface area contributed by atoms with Gasteiger partial charge in [0.25, 0.3) is 0 Å². The third kappa shape index (κ3) is 3.18. The minimum Gasteiger partial charge on any atom is -0.380 e. The van der Waals surface area contributed by atoms with Gasteiger partial charge in [0.15, 0.2) is 0 Å². The van der Waals surface area contributed by atoms with Crippen LogP contribution >= 0.6 is 11.3 Å². The van der Waals surface area contributed by atoms with E-state index in [2.05, 4.69) is 36.5 Å². The van der Waals surface area contributed by atoms with Crippen molar-refractivity contribution >= 4 is 11.3 Å². The van der Waals surface area contributed by atoms with Gasteiger partial charge in [0, 0.05) is 17.6 Å². The summed E-state index contributed by atoms with van der Waals surface area (Å²) < 4.78 is 5.16. The summed E-state index contributed by atoms with van der Waals surface area (Å²) in [7, 11) is 1.73. The van der Waals surface area contributed by atoms with Crippen LogP contribution in [0.3, 0.4) is 0 Å². The van der Waals surface area contributed by atoms with E-state index in [0.29, 0.717) is 12.6 Å². The van der Waals surface area contributed by atoms with Crippen molar-refractivity contribution in [1.82, 2.24) is 10.3 Å². The molecule has 0 spiro atoms. The molecule has 112 valence electrons. The van der Waals surface area contributed by atoms with Crippen molar-refractivity contribution in [2.75, 3.05) is 13.7 Å². The smallest absolute Gasteiger partial charge is 0.123 e. The SMILES string of the molecule is CCNC1CCCc2sc(-c3ccc(COC)cc3)nc21. The van der Waals surface area contributed by atoms with E-state index in [4.69, 9.17) is 9.72 Å². The molecule has 4 heteroatoms. The normalized spacial score (nSPS) is 17.7. The number of hydrogen-bond acceptors (Lipinski definition) is 4. The van der Waals surface area contributed by atoms with Crippen molar-refractivity contribution in [2.24, 2.45) is 0 Å². The largest absolute Gasteiger partial charge is 0.380 e. The van der Waals surface area contributed by atoms with Crippen molar-refractivity contribution in [3.05, 3.63) is 40.4 Å². The van der Waals surface area contributed by atoms with Gasteiger partial charge in [-0.25, -0.2) is 4.98 Å². The van der Waals surface area contributed by atoms with Crippen molar-refractivity contribution in [2.45, 2.75) is 38.8 Å². The maximum Gasteiger partial charge on any atom is 0.123 e. The molecule has 3 nitrogen and oxygen atoms in total. The fourth-order valence-electron chi connectivity index (χ4n) is 2.90. The van der Waals surface area contributed by atoms with Crippen molar-refractivity contribution in [3.63, 3.8) is 0 Å². The fourth-order valence-corrected chi connectivity index (χ4v) is 4.07. The molecule has 1 aliphatic rings. The van der Waals surface area contributed by atoms with E-state index in [9.17, 15) is 0 Å². The Morgan fingerprint density at radius 2 is 2.14 bits per heavy atom. The lowest BCUT2D eigenvalue weighted by Crippen LogP contribution is -2.24. The van der Waals surface area contributed by atoms with Gasteiger partial charge in [0.05, 0.1) is 18.3 Å². The van der Waals surface area contributed by atoms with Crippen LogP contribution in [0.4, 0.5) is 0 Å². The maximum atomic E-state index is 5.16. The molecule has 0 saturated heterocycles. The number of benzene rings is 1. The molecule has 0 saturated carbocycles. The van der Waals surface area contributed by atoms with E-state index in [1.807, 2.05) is 11.3 Å². The number of thiazole rings is 1. The molecule has 1 N–H and O–H groups in total. The molecule has 0 bridgehead atoms. The molecule has 0 aliphatic heterocycles. The molecular weight excluding hydrogens is 280 g/mol. The van der Waals surface area contributed by atoms with Gasteiger partial charge >= 0.3 is 0 Å². The number of rotatable bonds is 5. The quantitative estimate of drug-likeness (QED) is 0.908. The Morgan fingerprint density at radius 1 is 1.33 bits per heavy atom. The van der Waals surface area contributed by atoms with Gasteiger partial charge in [-0.05, 0) is 31.4 Å². The average molecular weight is 302 g/mol. The van der Waals surface area contributed by atoms with Gasteiger partial charge in [-0.3, -0.25) is 0 Å². The Kier molecular flexibility index (Phi) is 4.68. The topological polar surface area (TPSA) is 34.1 Å². The summed E-state index contributed by atoms with van der Waals surface area (Å²) in [6.07, 6.45) is 3.65. The number of fused-ring (bicyclic) bond motifs is 1. The zero-order valence-corrected chi connectivity index (χ0v) is 13.5. The number of nitrogens with one attached hydrogen (secondary N) is 1. The molecule has 1 atom stereocenters. The second-order valence-corrected chi connectivity index (χ2v) is 6.54. The molecule has 2 aromatic rings. The summed E-state index contributed by atoms with van der Waals surface area (Å²) in [5.74, 6) is 0. The van der Waals surface area contributed by atoms with Crippen molar-refractivity contribution in [3.8, 4) is 10.6 Å². The van der Waals surface area contributed by atoms with Crippen LogP contribution in [0.25, 0.3) is 10.6 Å². The van der Waals surface area contributed by atoms with Crippen LogP contribution in [0.2, 0.25) is 0 Å². The molecule has 1 aliphatic carbocycles. The second kappa shape index (κ2) is 6.69. The van der Waals surface area contributed by atoms with Crippen LogP contribution in [0.1, 0.15) is 41.9 Å². The Hall–Kier alpha value is -1.23.